The highest BCUT2D eigenvalue weighted by Gasteiger charge is 2.12. The number of hydrogen-bond acceptors (Lipinski definition) is 3. The first kappa shape index (κ1) is 13.6. The third-order valence-electron chi connectivity index (χ3n) is 3.93. The summed E-state index contributed by atoms with van der Waals surface area (Å²) < 4.78 is 7.50. The number of nitrogens with one attached hydrogen (secondary N) is 1. The molecule has 4 aromatic rings. The number of benzene rings is 2. The number of nitrogens with zero attached hydrogens (tertiary/aromatic N) is 2. The standard InChI is InChI=1S/C18H15N3O2/c1-11-19-15-7-6-12(10-17(15)23-11)20-18(22)14-4-3-5-16-13(14)8-9-21(16)2/h3-10H,1-2H3,(H,20,22). The van der Waals surface area contributed by atoms with Crippen LogP contribution in [0.2, 0.25) is 0 Å². The van der Waals surface area contributed by atoms with E-state index in [4.69, 9.17) is 4.42 Å². The molecule has 5 nitrogen and oxygen atoms in total. The zero-order valence-corrected chi connectivity index (χ0v) is 12.8. The van der Waals surface area contributed by atoms with Crippen molar-refractivity contribution in [3.8, 4) is 0 Å². The third-order valence-corrected chi connectivity index (χ3v) is 3.93. The first-order chi connectivity index (χ1) is 11.1. The number of fused-ring (bicyclic) bond motifs is 2. The van der Waals surface area contributed by atoms with Gasteiger partial charge in [-0.15, -0.1) is 0 Å². The van der Waals surface area contributed by atoms with Crippen LogP contribution in [0.3, 0.4) is 0 Å². The van der Waals surface area contributed by atoms with Crippen molar-refractivity contribution in [3.05, 3.63) is 60.1 Å². The van der Waals surface area contributed by atoms with Crippen LogP contribution in [-0.2, 0) is 7.05 Å². The summed E-state index contributed by atoms with van der Waals surface area (Å²) in [6.07, 6.45) is 1.95. The molecule has 114 valence electrons. The van der Waals surface area contributed by atoms with E-state index in [2.05, 4.69) is 10.3 Å². The highest BCUT2D eigenvalue weighted by Crippen LogP contribution is 2.23. The summed E-state index contributed by atoms with van der Waals surface area (Å²) in [5, 5.41) is 3.86. The molecule has 0 atom stereocenters. The fourth-order valence-electron chi connectivity index (χ4n) is 2.82. The maximum atomic E-state index is 12.6. The van der Waals surface area contributed by atoms with Crippen LogP contribution in [0.4, 0.5) is 5.69 Å². The summed E-state index contributed by atoms with van der Waals surface area (Å²) in [5.74, 6) is 0.468. The van der Waals surface area contributed by atoms with Gasteiger partial charge in [-0.25, -0.2) is 4.98 Å². The van der Waals surface area contributed by atoms with Crippen LogP contribution in [0.5, 0.6) is 0 Å². The van der Waals surface area contributed by atoms with Crippen molar-refractivity contribution in [2.45, 2.75) is 6.92 Å². The fraction of sp³-hybridized carbons (Fsp3) is 0.111. The van der Waals surface area contributed by atoms with Crippen LogP contribution in [0.1, 0.15) is 16.2 Å². The minimum Gasteiger partial charge on any atom is -0.441 e. The molecular formula is C18H15N3O2. The summed E-state index contributed by atoms with van der Waals surface area (Å²) in [4.78, 5) is 16.9. The molecule has 0 aliphatic rings. The lowest BCUT2D eigenvalue weighted by molar-refractivity contribution is 0.102. The Morgan fingerprint density at radius 3 is 2.96 bits per heavy atom. The van der Waals surface area contributed by atoms with Crippen LogP contribution in [0.25, 0.3) is 22.0 Å². The monoisotopic (exact) mass is 305 g/mol. The van der Waals surface area contributed by atoms with Gasteiger partial charge in [0.15, 0.2) is 11.5 Å². The van der Waals surface area contributed by atoms with Crippen molar-refractivity contribution in [2.24, 2.45) is 7.05 Å². The molecule has 0 fully saturated rings. The molecule has 1 amide bonds. The lowest BCUT2D eigenvalue weighted by Crippen LogP contribution is -2.12. The molecule has 0 aliphatic carbocycles. The smallest absolute Gasteiger partial charge is 0.256 e. The molecule has 2 heterocycles. The van der Waals surface area contributed by atoms with Gasteiger partial charge in [0, 0.05) is 48.4 Å². The minimum atomic E-state index is -0.141. The van der Waals surface area contributed by atoms with Gasteiger partial charge in [-0.3, -0.25) is 4.79 Å². The van der Waals surface area contributed by atoms with E-state index in [0.29, 0.717) is 22.7 Å². The Morgan fingerprint density at radius 2 is 2.09 bits per heavy atom. The molecule has 1 N–H and O–H groups in total. The second kappa shape index (κ2) is 4.98. The summed E-state index contributed by atoms with van der Waals surface area (Å²) in [6, 6.07) is 13.1. The summed E-state index contributed by atoms with van der Waals surface area (Å²) in [6.45, 7) is 1.80. The Labute approximate surface area is 132 Å². The quantitative estimate of drug-likeness (QED) is 0.611. The van der Waals surface area contributed by atoms with Crippen LogP contribution in [0, 0.1) is 6.92 Å². The van der Waals surface area contributed by atoms with Crippen molar-refractivity contribution in [1.29, 1.82) is 0 Å². The normalized spacial score (nSPS) is 11.2. The van der Waals surface area contributed by atoms with Crippen LogP contribution in [-0.4, -0.2) is 15.5 Å². The van der Waals surface area contributed by atoms with Gasteiger partial charge in [0.05, 0.1) is 0 Å². The van der Waals surface area contributed by atoms with Gasteiger partial charge in [0.2, 0.25) is 0 Å². The molecule has 0 aliphatic heterocycles. The van der Waals surface area contributed by atoms with Crippen molar-refractivity contribution in [3.63, 3.8) is 0 Å². The maximum absolute atomic E-state index is 12.6. The molecule has 0 radical (unpaired) electrons. The van der Waals surface area contributed by atoms with Crippen LogP contribution >= 0.6 is 0 Å². The highest BCUT2D eigenvalue weighted by atomic mass is 16.3. The van der Waals surface area contributed by atoms with Gasteiger partial charge >= 0.3 is 0 Å². The van der Waals surface area contributed by atoms with Crippen molar-refractivity contribution >= 4 is 33.6 Å². The number of anilines is 1. The molecule has 0 bridgehead atoms. The Balaban J connectivity index is 1.70. The predicted octanol–water partition coefficient (Wildman–Crippen LogP) is 3.88. The van der Waals surface area contributed by atoms with Gasteiger partial charge in [-0.2, -0.15) is 0 Å². The first-order valence-corrected chi connectivity index (χ1v) is 7.34. The Hall–Kier alpha value is -3.08. The number of hydrogen-bond donors (Lipinski definition) is 1. The number of rotatable bonds is 2. The molecule has 2 aromatic carbocycles. The van der Waals surface area contributed by atoms with Crippen LogP contribution < -0.4 is 5.32 Å². The molecule has 5 heteroatoms. The summed E-state index contributed by atoms with van der Waals surface area (Å²) >= 11 is 0. The highest BCUT2D eigenvalue weighted by molar-refractivity contribution is 6.12. The van der Waals surface area contributed by atoms with E-state index >= 15 is 0 Å². The first-order valence-electron chi connectivity index (χ1n) is 7.34. The zero-order chi connectivity index (χ0) is 16.0. The van der Waals surface area contributed by atoms with Crippen LogP contribution in [0.15, 0.2) is 53.1 Å². The fourth-order valence-corrected chi connectivity index (χ4v) is 2.82. The average molecular weight is 305 g/mol. The Kier molecular flexibility index (Phi) is 2.94. The number of amides is 1. The molecule has 0 unspecified atom stereocenters. The van der Waals surface area contributed by atoms with E-state index in [0.717, 1.165) is 16.4 Å². The molecule has 0 saturated heterocycles. The maximum Gasteiger partial charge on any atom is 0.256 e. The van der Waals surface area contributed by atoms with Crippen molar-refractivity contribution < 1.29 is 9.21 Å². The average Bonchev–Trinajstić information content (AvgIpc) is 3.09. The molecule has 2 aromatic heterocycles. The molecule has 0 saturated carbocycles. The van der Waals surface area contributed by atoms with Crippen molar-refractivity contribution in [1.82, 2.24) is 9.55 Å². The van der Waals surface area contributed by atoms with E-state index < -0.39 is 0 Å². The number of carbonyl (C=O) groups excluding carboxylic acids is 1. The number of carbonyl (C=O) groups is 1. The van der Waals surface area contributed by atoms with Gasteiger partial charge in [-0.1, -0.05) is 6.07 Å². The van der Waals surface area contributed by atoms with Gasteiger partial charge in [-0.05, 0) is 30.3 Å². The van der Waals surface area contributed by atoms with E-state index in [1.807, 2.05) is 54.2 Å². The zero-order valence-electron chi connectivity index (χ0n) is 12.8. The molecular weight excluding hydrogens is 290 g/mol. The lowest BCUT2D eigenvalue weighted by Gasteiger charge is -2.06. The summed E-state index contributed by atoms with van der Waals surface area (Å²) in [7, 11) is 1.96. The van der Waals surface area contributed by atoms with E-state index in [1.54, 1.807) is 13.0 Å². The number of aryl methyl sites for hydroxylation is 2. The van der Waals surface area contributed by atoms with Gasteiger partial charge < -0.3 is 14.3 Å². The molecule has 4 rings (SSSR count). The minimum absolute atomic E-state index is 0.141. The van der Waals surface area contributed by atoms with Gasteiger partial charge in [0.1, 0.15) is 5.52 Å². The number of aromatic nitrogens is 2. The van der Waals surface area contributed by atoms with E-state index in [-0.39, 0.29) is 5.91 Å². The van der Waals surface area contributed by atoms with Crippen molar-refractivity contribution in [2.75, 3.05) is 5.32 Å². The van der Waals surface area contributed by atoms with Gasteiger partial charge in [0.25, 0.3) is 5.91 Å². The Bertz CT molecular complexity index is 1040. The molecule has 0 spiro atoms. The SMILES string of the molecule is Cc1nc2ccc(NC(=O)c3cccc4c3ccn4C)cc2o1. The van der Waals surface area contributed by atoms with E-state index in [9.17, 15) is 4.79 Å². The second-order valence-electron chi connectivity index (χ2n) is 5.53. The second-order valence-corrected chi connectivity index (χ2v) is 5.53. The summed E-state index contributed by atoms with van der Waals surface area (Å²) in [5.41, 5.74) is 3.81. The largest absolute Gasteiger partial charge is 0.441 e. The topological polar surface area (TPSA) is 60.1 Å². The van der Waals surface area contributed by atoms with E-state index in [1.165, 1.54) is 0 Å². The Morgan fingerprint density at radius 1 is 1.22 bits per heavy atom. The molecule has 23 heavy (non-hydrogen) atoms. The third kappa shape index (κ3) is 2.26. The predicted molar refractivity (Wildman–Crippen MR) is 89.6 cm³/mol. The number of oxazole rings is 1. The lowest BCUT2D eigenvalue weighted by atomic mass is 10.1.